The van der Waals surface area contributed by atoms with Crippen molar-refractivity contribution < 1.29 is 9.53 Å². The Morgan fingerprint density at radius 3 is 2.72 bits per heavy atom. The van der Waals surface area contributed by atoms with Gasteiger partial charge in [-0.3, -0.25) is 4.79 Å². The molecular weight excluding hydrogens is 268 g/mol. The van der Waals surface area contributed by atoms with Crippen molar-refractivity contribution in [2.24, 2.45) is 0 Å². The second-order valence-electron chi connectivity index (χ2n) is 4.05. The average Bonchev–Trinajstić information content (AvgIpc) is 2.72. The number of hydrogen-bond acceptors (Lipinski definition) is 3. The molecule has 0 saturated carbocycles. The number of carbonyl (C=O) groups is 1. The zero-order valence-corrected chi connectivity index (χ0v) is 11.8. The van der Waals surface area contributed by atoms with Gasteiger partial charge in [-0.05, 0) is 43.7 Å². The van der Waals surface area contributed by atoms with Crippen molar-refractivity contribution in [3.05, 3.63) is 50.2 Å². The van der Waals surface area contributed by atoms with Crippen LogP contribution in [-0.2, 0) is 6.61 Å². The van der Waals surface area contributed by atoms with Gasteiger partial charge in [-0.25, -0.2) is 0 Å². The Labute approximate surface area is 115 Å². The van der Waals surface area contributed by atoms with Crippen LogP contribution in [-0.4, -0.2) is 6.29 Å². The minimum absolute atomic E-state index is 0.469. The van der Waals surface area contributed by atoms with Crippen molar-refractivity contribution in [3.63, 3.8) is 0 Å². The van der Waals surface area contributed by atoms with Gasteiger partial charge in [-0.15, -0.1) is 11.3 Å². The summed E-state index contributed by atoms with van der Waals surface area (Å²) in [6, 6.07) is 7.45. The molecule has 2 rings (SSSR count). The first-order chi connectivity index (χ1) is 8.60. The molecule has 0 bridgehead atoms. The second kappa shape index (κ2) is 5.55. The first-order valence-corrected chi connectivity index (χ1v) is 6.73. The molecule has 1 heterocycles. The van der Waals surface area contributed by atoms with Gasteiger partial charge < -0.3 is 4.74 Å². The van der Waals surface area contributed by atoms with Crippen LogP contribution in [0.1, 0.15) is 25.7 Å². The highest BCUT2D eigenvalue weighted by molar-refractivity contribution is 7.13. The predicted molar refractivity (Wildman–Crippen MR) is 75.0 cm³/mol. The molecule has 18 heavy (non-hydrogen) atoms. The van der Waals surface area contributed by atoms with E-state index in [0.29, 0.717) is 6.61 Å². The molecule has 0 aliphatic heterocycles. The molecule has 2 nitrogen and oxygen atoms in total. The van der Waals surface area contributed by atoms with Crippen LogP contribution < -0.4 is 4.74 Å². The van der Waals surface area contributed by atoms with Gasteiger partial charge in [0.25, 0.3) is 0 Å². The van der Waals surface area contributed by atoms with E-state index in [4.69, 9.17) is 16.3 Å². The normalized spacial score (nSPS) is 10.4. The van der Waals surface area contributed by atoms with Crippen LogP contribution in [0.5, 0.6) is 5.75 Å². The summed E-state index contributed by atoms with van der Waals surface area (Å²) in [5, 5.41) is 0.734. The Morgan fingerprint density at radius 2 is 2.11 bits per heavy atom. The summed E-state index contributed by atoms with van der Waals surface area (Å²) < 4.78 is 5.70. The topological polar surface area (TPSA) is 26.3 Å². The molecule has 94 valence electrons. The van der Waals surface area contributed by atoms with Crippen molar-refractivity contribution in [3.8, 4) is 5.75 Å². The van der Waals surface area contributed by atoms with E-state index in [2.05, 4.69) is 0 Å². The Hall–Kier alpha value is -1.32. The van der Waals surface area contributed by atoms with Crippen LogP contribution in [0.15, 0.2) is 24.3 Å². The van der Waals surface area contributed by atoms with Crippen LogP contribution in [0.25, 0.3) is 0 Å². The molecule has 0 atom stereocenters. The maximum absolute atomic E-state index is 10.7. The maximum Gasteiger partial charge on any atom is 0.160 e. The fourth-order valence-corrected chi connectivity index (χ4v) is 2.58. The molecule has 1 aromatic heterocycles. The van der Waals surface area contributed by atoms with Gasteiger partial charge in [-0.2, -0.15) is 0 Å². The number of hydrogen-bond donors (Lipinski definition) is 0. The molecule has 0 aliphatic rings. The van der Waals surface area contributed by atoms with Crippen LogP contribution in [0.2, 0.25) is 5.02 Å². The van der Waals surface area contributed by atoms with E-state index in [-0.39, 0.29) is 0 Å². The third kappa shape index (κ3) is 2.92. The van der Waals surface area contributed by atoms with Crippen LogP contribution >= 0.6 is 22.9 Å². The summed E-state index contributed by atoms with van der Waals surface area (Å²) in [6.45, 7) is 4.40. The number of aldehydes is 1. The van der Waals surface area contributed by atoms with Crippen molar-refractivity contribution in [1.82, 2.24) is 0 Å². The van der Waals surface area contributed by atoms with E-state index in [1.165, 1.54) is 11.3 Å². The predicted octanol–water partition coefficient (Wildman–Crippen LogP) is 4.41. The number of thiophene rings is 1. The number of ether oxygens (including phenoxy) is 1. The molecule has 0 saturated heterocycles. The highest BCUT2D eigenvalue weighted by Crippen LogP contribution is 2.24. The van der Waals surface area contributed by atoms with Gasteiger partial charge in [-0.1, -0.05) is 11.6 Å². The van der Waals surface area contributed by atoms with Gasteiger partial charge in [0.15, 0.2) is 6.29 Å². The molecular formula is C14H13ClO2S. The summed E-state index contributed by atoms with van der Waals surface area (Å²) in [4.78, 5) is 12.5. The van der Waals surface area contributed by atoms with E-state index >= 15 is 0 Å². The Balaban J connectivity index is 2.08. The summed E-state index contributed by atoms with van der Waals surface area (Å²) in [6.07, 6.45) is 0.869. The first kappa shape index (κ1) is 13.1. The minimum Gasteiger partial charge on any atom is -0.489 e. The molecule has 0 N–H and O–H groups in total. The summed E-state index contributed by atoms with van der Waals surface area (Å²) in [5.41, 5.74) is 2.04. The Morgan fingerprint density at radius 1 is 1.33 bits per heavy atom. The molecule has 0 amide bonds. The van der Waals surface area contributed by atoms with Crippen molar-refractivity contribution in [1.29, 1.82) is 0 Å². The molecule has 0 fully saturated rings. The van der Waals surface area contributed by atoms with Crippen molar-refractivity contribution >= 4 is 29.2 Å². The molecule has 0 unspecified atom stereocenters. The number of rotatable bonds is 4. The average molecular weight is 281 g/mol. The quantitative estimate of drug-likeness (QED) is 0.776. The third-order valence-corrected chi connectivity index (χ3v) is 4.12. The lowest BCUT2D eigenvalue weighted by Crippen LogP contribution is -1.95. The Kier molecular flexibility index (Phi) is 4.04. The fraction of sp³-hybridized carbons (Fsp3) is 0.214. The van der Waals surface area contributed by atoms with Crippen molar-refractivity contribution in [2.75, 3.05) is 0 Å². The van der Waals surface area contributed by atoms with E-state index < -0.39 is 0 Å². The monoisotopic (exact) mass is 280 g/mol. The number of aryl methyl sites for hydroxylation is 2. The maximum atomic E-state index is 10.7. The summed E-state index contributed by atoms with van der Waals surface area (Å²) in [7, 11) is 0. The smallest absolute Gasteiger partial charge is 0.160 e. The van der Waals surface area contributed by atoms with Crippen LogP contribution in [0, 0.1) is 13.8 Å². The van der Waals surface area contributed by atoms with Crippen molar-refractivity contribution in [2.45, 2.75) is 20.5 Å². The lowest BCUT2D eigenvalue weighted by molar-refractivity contribution is 0.112. The highest BCUT2D eigenvalue weighted by atomic mass is 35.5. The second-order valence-corrected chi connectivity index (χ2v) is 5.74. The lowest BCUT2D eigenvalue weighted by atomic mass is 10.2. The van der Waals surface area contributed by atoms with Gasteiger partial charge in [0.2, 0.25) is 0 Å². The fourth-order valence-electron chi connectivity index (χ4n) is 1.61. The molecule has 2 aromatic rings. The third-order valence-electron chi connectivity index (χ3n) is 2.68. The number of carbonyl (C=O) groups excluding carboxylic acids is 1. The number of halogens is 1. The van der Waals surface area contributed by atoms with E-state index in [1.54, 1.807) is 0 Å². The standard InChI is InChI=1S/C14H13ClO2S/c1-9-5-12(3-4-14(9)15)17-8-11-6-13(7-16)18-10(11)2/h3-7H,8H2,1-2H3. The van der Waals surface area contributed by atoms with Gasteiger partial charge in [0, 0.05) is 15.5 Å². The molecule has 1 aromatic carbocycles. The Bertz CT molecular complexity index is 575. The molecule has 0 radical (unpaired) electrons. The zero-order chi connectivity index (χ0) is 13.1. The minimum atomic E-state index is 0.469. The molecule has 0 aliphatic carbocycles. The largest absolute Gasteiger partial charge is 0.489 e. The lowest BCUT2D eigenvalue weighted by Gasteiger charge is -2.07. The highest BCUT2D eigenvalue weighted by Gasteiger charge is 2.06. The van der Waals surface area contributed by atoms with Gasteiger partial charge >= 0.3 is 0 Å². The molecule has 4 heteroatoms. The van der Waals surface area contributed by atoms with Crippen LogP contribution in [0.4, 0.5) is 0 Å². The summed E-state index contributed by atoms with van der Waals surface area (Å²) in [5.74, 6) is 0.787. The van der Waals surface area contributed by atoms with Gasteiger partial charge in [0.1, 0.15) is 12.4 Å². The van der Waals surface area contributed by atoms with E-state index in [9.17, 15) is 4.79 Å². The first-order valence-electron chi connectivity index (χ1n) is 5.53. The van der Waals surface area contributed by atoms with Crippen LogP contribution in [0.3, 0.4) is 0 Å². The zero-order valence-electron chi connectivity index (χ0n) is 10.2. The SMILES string of the molecule is Cc1cc(OCc2cc(C=O)sc2C)ccc1Cl. The van der Waals surface area contributed by atoms with E-state index in [1.807, 2.05) is 38.1 Å². The summed E-state index contributed by atoms with van der Waals surface area (Å²) >= 11 is 7.44. The molecule has 0 spiro atoms. The number of benzene rings is 1. The van der Waals surface area contributed by atoms with Gasteiger partial charge in [0.05, 0.1) is 4.88 Å². The van der Waals surface area contributed by atoms with E-state index in [0.717, 1.165) is 37.9 Å².